The maximum Gasteiger partial charge on any atom is 0.0815 e. The van der Waals surface area contributed by atoms with E-state index < -0.39 is 0 Å². The fourth-order valence-electron chi connectivity index (χ4n) is 2.90. The first-order chi connectivity index (χ1) is 9.38. The zero-order chi connectivity index (χ0) is 13.1. The van der Waals surface area contributed by atoms with Crippen molar-refractivity contribution in [3.8, 4) is 6.07 Å². The highest BCUT2D eigenvalue weighted by Crippen LogP contribution is 2.54. The van der Waals surface area contributed by atoms with Gasteiger partial charge in [0.25, 0.3) is 0 Å². The maximum atomic E-state index is 9.56. The molecule has 1 heterocycles. The van der Waals surface area contributed by atoms with Crippen LogP contribution in [0, 0.1) is 17.2 Å². The molecule has 0 unspecified atom stereocenters. The van der Waals surface area contributed by atoms with Gasteiger partial charge in [-0.15, -0.1) is 11.8 Å². The van der Waals surface area contributed by atoms with Crippen LogP contribution in [0.1, 0.15) is 17.5 Å². The molecular weight excluding hydrogens is 250 g/mol. The van der Waals surface area contributed by atoms with Crippen molar-refractivity contribution in [1.82, 2.24) is 0 Å². The Morgan fingerprint density at radius 3 is 1.95 bits per heavy atom. The van der Waals surface area contributed by atoms with Crippen molar-refractivity contribution in [3.63, 3.8) is 0 Å². The van der Waals surface area contributed by atoms with Gasteiger partial charge in [0.05, 0.1) is 16.7 Å². The fraction of sp³-hybridized carbons (Fsp3) is 0.235. The van der Waals surface area contributed by atoms with Crippen molar-refractivity contribution >= 4 is 11.8 Å². The average Bonchev–Trinajstić information content (AvgIpc) is 2.94. The molecule has 1 saturated heterocycles. The molecule has 3 rings (SSSR count). The van der Waals surface area contributed by atoms with Crippen molar-refractivity contribution in [2.75, 3.05) is 5.75 Å². The summed E-state index contributed by atoms with van der Waals surface area (Å²) in [6, 6.07) is 23.4. The van der Waals surface area contributed by atoms with Crippen LogP contribution >= 0.6 is 11.8 Å². The summed E-state index contributed by atoms with van der Waals surface area (Å²) >= 11 is 1.91. The van der Waals surface area contributed by atoms with E-state index in [9.17, 15) is 5.26 Å². The Balaban J connectivity index is 2.20. The number of rotatable bonds is 2. The van der Waals surface area contributed by atoms with E-state index in [2.05, 4.69) is 54.6 Å². The van der Waals surface area contributed by atoms with Crippen LogP contribution in [-0.4, -0.2) is 5.75 Å². The van der Waals surface area contributed by atoms with Gasteiger partial charge in [0.1, 0.15) is 0 Å². The topological polar surface area (TPSA) is 23.8 Å². The molecule has 1 aliphatic rings. The molecule has 0 saturated carbocycles. The van der Waals surface area contributed by atoms with Crippen LogP contribution in [0.25, 0.3) is 0 Å². The highest BCUT2D eigenvalue weighted by molar-refractivity contribution is 8.00. The van der Waals surface area contributed by atoms with E-state index in [-0.39, 0.29) is 10.7 Å². The molecule has 0 radical (unpaired) electrons. The third-order valence-corrected chi connectivity index (χ3v) is 5.44. The summed E-state index contributed by atoms with van der Waals surface area (Å²) in [7, 11) is 0. The number of nitriles is 1. The number of hydrogen-bond donors (Lipinski definition) is 0. The third-order valence-electron chi connectivity index (χ3n) is 3.79. The minimum Gasteiger partial charge on any atom is -0.198 e. The van der Waals surface area contributed by atoms with Gasteiger partial charge in [-0.25, -0.2) is 0 Å². The molecule has 0 N–H and O–H groups in total. The van der Waals surface area contributed by atoms with Gasteiger partial charge in [-0.3, -0.25) is 0 Å². The minimum absolute atomic E-state index is 0.0438. The Hall–Kier alpha value is -1.72. The fourth-order valence-corrected chi connectivity index (χ4v) is 4.56. The Labute approximate surface area is 118 Å². The van der Waals surface area contributed by atoms with Crippen molar-refractivity contribution < 1.29 is 0 Å². The van der Waals surface area contributed by atoms with Gasteiger partial charge < -0.3 is 0 Å². The molecule has 2 heteroatoms. The Bertz CT molecular complexity index is 546. The quantitative estimate of drug-likeness (QED) is 0.812. The molecule has 1 fully saturated rings. The summed E-state index contributed by atoms with van der Waals surface area (Å²) < 4.78 is -0.197. The zero-order valence-corrected chi connectivity index (χ0v) is 11.4. The van der Waals surface area contributed by atoms with Crippen LogP contribution in [0.5, 0.6) is 0 Å². The Morgan fingerprint density at radius 2 is 1.47 bits per heavy atom. The van der Waals surface area contributed by atoms with Gasteiger partial charge >= 0.3 is 0 Å². The largest absolute Gasteiger partial charge is 0.198 e. The molecule has 1 atom stereocenters. The van der Waals surface area contributed by atoms with Crippen molar-refractivity contribution in [1.29, 1.82) is 5.26 Å². The first-order valence-electron chi connectivity index (χ1n) is 6.52. The first-order valence-corrected chi connectivity index (χ1v) is 7.51. The normalized spacial score (nSPS) is 20.9. The molecule has 0 spiro atoms. The van der Waals surface area contributed by atoms with E-state index in [0.29, 0.717) is 0 Å². The van der Waals surface area contributed by atoms with Gasteiger partial charge in [0.2, 0.25) is 0 Å². The lowest BCUT2D eigenvalue weighted by Crippen LogP contribution is -2.28. The van der Waals surface area contributed by atoms with Crippen molar-refractivity contribution in [2.24, 2.45) is 5.92 Å². The number of thioether (sulfide) groups is 1. The van der Waals surface area contributed by atoms with Gasteiger partial charge in [-0.1, -0.05) is 60.7 Å². The van der Waals surface area contributed by atoms with E-state index in [1.165, 1.54) is 11.1 Å². The highest BCUT2D eigenvalue weighted by atomic mass is 32.2. The smallest absolute Gasteiger partial charge is 0.0815 e. The molecule has 19 heavy (non-hydrogen) atoms. The summed E-state index contributed by atoms with van der Waals surface area (Å²) in [4.78, 5) is 0. The van der Waals surface area contributed by atoms with Gasteiger partial charge in [0, 0.05) is 0 Å². The molecule has 94 valence electrons. The zero-order valence-electron chi connectivity index (χ0n) is 10.6. The van der Waals surface area contributed by atoms with E-state index in [0.717, 1.165) is 12.2 Å². The van der Waals surface area contributed by atoms with Gasteiger partial charge in [-0.05, 0) is 23.3 Å². The molecule has 2 aromatic carbocycles. The molecule has 0 amide bonds. The second-order valence-corrected chi connectivity index (χ2v) is 6.13. The third kappa shape index (κ3) is 1.95. The van der Waals surface area contributed by atoms with E-state index in [4.69, 9.17) is 0 Å². The summed E-state index contributed by atoms with van der Waals surface area (Å²) in [5.74, 6) is 1.09. The second-order valence-electron chi connectivity index (χ2n) is 4.79. The summed E-state index contributed by atoms with van der Waals surface area (Å²) in [6.45, 7) is 0. The van der Waals surface area contributed by atoms with E-state index in [1.54, 1.807) is 0 Å². The SMILES string of the molecule is N#C[C@@H]1CCSC1(c1ccccc1)c1ccccc1. The summed E-state index contributed by atoms with van der Waals surface area (Å²) in [5, 5.41) is 9.56. The van der Waals surface area contributed by atoms with Crippen LogP contribution in [-0.2, 0) is 4.75 Å². The van der Waals surface area contributed by atoms with Crippen LogP contribution in [0.3, 0.4) is 0 Å². The number of hydrogen-bond acceptors (Lipinski definition) is 2. The standard InChI is InChI=1S/C17H15NS/c18-13-16-11-12-19-17(16,14-7-3-1-4-8-14)15-9-5-2-6-10-15/h1-10,16H,11-12H2/t16-/m0/s1. The Morgan fingerprint density at radius 1 is 0.947 bits per heavy atom. The lowest BCUT2D eigenvalue weighted by molar-refractivity contribution is 0.554. The molecule has 0 aliphatic carbocycles. The van der Waals surface area contributed by atoms with Gasteiger partial charge in [-0.2, -0.15) is 5.26 Å². The summed E-state index contributed by atoms with van der Waals surface area (Å²) in [6.07, 6.45) is 0.963. The highest BCUT2D eigenvalue weighted by Gasteiger charge is 2.46. The predicted molar refractivity (Wildman–Crippen MR) is 79.8 cm³/mol. The van der Waals surface area contributed by atoms with Crippen molar-refractivity contribution in [2.45, 2.75) is 11.2 Å². The predicted octanol–water partition coefficient (Wildman–Crippen LogP) is 4.21. The molecule has 0 aromatic heterocycles. The number of benzene rings is 2. The lowest BCUT2D eigenvalue weighted by Gasteiger charge is -2.32. The maximum absolute atomic E-state index is 9.56. The van der Waals surface area contributed by atoms with Crippen LogP contribution in [0.2, 0.25) is 0 Å². The van der Waals surface area contributed by atoms with E-state index >= 15 is 0 Å². The first kappa shape index (κ1) is 12.3. The molecule has 2 aromatic rings. The minimum atomic E-state index is -0.197. The van der Waals surface area contributed by atoms with Gasteiger partial charge in [0.15, 0.2) is 0 Å². The van der Waals surface area contributed by atoms with Crippen molar-refractivity contribution in [3.05, 3.63) is 71.8 Å². The average molecular weight is 265 g/mol. The molecule has 1 aliphatic heterocycles. The molecular formula is C17H15NS. The van der Waals surface area contributed by atoms with Crippen LogP contribution in [0.4, 0.5) is 0 Å². The van der Waals surface area contributed by atoms with Crippen LogP contribution < -0.4 is 0 Å². The second kappa shape index (κ2) is 5.11. The van der Waals surface area contributed by atoms with E-state index in [1.807, 2.05) is 23.9 Å². The Kier molecular flexibility index (Phi) is 3.31. The van der Waals surface area contributed by atoms with Crippen LogP contribution in [0.15, 0.2) is 60.7 Å². The molecule has 1 nitrogen and oxygen atoms in total. The lowest BCUT2D eigenvalue weighted by atomic mass is 9.79. The monoisotopic (exact) mass is 265 g/mol. The molecule has 0 bridgehead atoms. The summed E-state index contributed by atoms with van der Waals surface area (Å²) in [5.41, 5.74) is 2.49. The number of nitrogens with zero attached hydrogens (tertiary/aromatic N) is 1.